The second-order valence-electron chi connectivity index (χ2n) is 5.90. The molecule has 0 saturated carbocycles. The minimum Gasteiger partial charge on any atom is -0.497 e. The van der Waals surface area contributed by atoms with Crippen molar-refractivity contribution in [3.05, 3.63) is 23.2 Å². The average Bonchev–Trinajstić information content (AvgIpc) is 2.60. The molecular formula is C16H25Cl2N3O4S. The molecule has 1 heterocycles. The van der Waals surface area contributed by atoms with Crippen LogP contribution < -0.4 is 15.8 Å². The number of sulfonamides is 1. The number of halogens is 2. The first-order valence-corrected chi connectivity index (χ1v) is 10.0. The Morgan fingerprint density at radius 2 is 2.15 bits per heavy atom. The standard InChI is InChI=1S/C16H24ClN3O4S.ClH/c1-24-13-5-6-14(17)15(10-13)25(22,23)20-9-3-2-4-12(20)11-19-16(21)7-8-18;/h5-6,10,12H,2-4,7-9,11,18H2,1H3,(H,19,21);1H. The Bertz CT molecular complexity index is 715. The van der Waals surface area contributed by atoms with Crippen molar-refractivity contribution in [3.8, 4) is 5.75 Å². The van der Waals surface area contributed by atoms with E-state index in [1.165, 1.54) is 23.5 Å². The smallest absolute Gasteiger partial charge is 0.245 e. The second kappa shape index (κ2) is 10.3. The summed E-state index contributed by atoms with van der Waals surface area (Å²) in [4.78, 5) is 11.7. The summed E-state index contributed by atoms with van der Waals surface area (Å²) in [6.45, 7) is 0.922. The highest BCUT2D eigenvalue weighted by Gasteiger charge is 2.35. The lowest BCUT2D eigenvalue weighted by Crippen LogP contribution is -2.49. The molecule has 7 nitrogen and oxygen atoms in total. The zero-order valence-corrected chi connectivity index (χ0v) is 17.0. The van der Waals surface area contributed by atoms with Gasteiger partial charge in [-0.05, 0) is 25.0 Å². The van der Waals surface area contributed by atoms with Gasteiger partial charge in [0.1, 0.15) is 10.6 Å². The molecule has 10 heteroatoms. The molecule has 1 unspecified atom stereocenters. The Kier molecular flexibility index (Phi) is 9.12. The van der Waals surface area contributed by atoms with E-state index in [1.54, 1.807) is 6.07 Å². The van der Waals surface area contributed by atoms with E-state index >= 15 is 0 Å². The van der Waals surface area contributed by atoms with Gasteiger partial charge in [-0.3, -0.25) is 4.79 Å². The number of nitrogens with one attached hydrogen (secondary N) is 1. The monoisotopic (exact) mass is 425 g/mol. The fourth-order valence-corrected chi connectivity index (χ4v) is 5.06. The van der Waals surface area contributed by atoms with Crippen LogP contribution in [0.3, 0.4) is 0 Å². The molecule has 3 N–H and O–H groups in total. The number of nitrogens with zero attached hydrogens (tertiary/aromatic N) is 1. The lowest BCUT2D eigenvalue weighted by molar-refractivity contribution is -0.121. The Labute approximate surface area is 165 Å². The quantitative estimate of drug-likeness (QED) is 0.692. The molecule has 2 rings (SSSR count). The van der Waals surface area contributed by atoms with Crippen LogP contribution in [0.4, 0.5) is 0 Å². The molecule has 148 valence electrons. The largest absolute Gasteiger partial charge is 0.497 e. The number of methoxy groups -OCH3 is 1. The molecule has 0 spiro atoms. The summed E-state index contributed by atoms with van der Waals surface area (Å²) in [7, 11) is -2.32. The van der Waals surface area contributed by atoms with Crippen LogP contribution in [-0.4, -0.2) is 51.4 Å². The van der Waals surface area contributed by atoms with Crippen LogP contribution in [0.5, 0.6) is 5.75 Å². The van der Waals surface area contributed by atoms with Gasteiger partial charge in [-0.1, -0.05) is 18.0 Å². The van der Waals surface area contributed by atoms with E-state index in [0.29, 0.717) is 18.7 Å². The SMILES string of the molecule is COc1ccc(Cl)c(S(=O)(=O)N2CCCCC2CNC(=O)CCN)c1.Cl. The Hall–Kier alpha value is -1.06. The summed E-state index contributed by atoms with van der Waals surface area (Å²) in [5.41, 5.74) is 5.36. The van der Waals surface area contributed by atoms with Gasteiger partial charge in [0.15, 0.2) is 0 Å². The lowest BCUT2D eigenvalue weighted by atomic mass is 10.1. The minimum atomic E-state index is -3.79. The van der Waals surface area contributed by atoms with Crippen LogP contribution >= 0.6 is 24.0 Å². The van der Waals surface area contributed by atoms with Crippen molar-refractivity contribution in [1.82, 2.24) is 9.62 Å². The molecule has 0 bridgehead atoms. The molecule has 0 aromatic heterocycles. The van der Waals surface area contributed by atoms with Gasteiger partial charge in [-0.2, -0.15) is 4.31 Å². The molecule has 1 saturated heterocycles. The number of amides is 1. The Balaban J connectivity index is 0.00000338. The number of piperidine rings is 1. The molecule has 1 amide bonds. The van der Waals surface area contributed by atoms with Gasteiger partial charge in [0.05, 0.1) is 12.1 Å². The molecule has 1 aliphatic rings. The molecular weight excluding hydrogens is 401 g/mol. The van der Waals surface area contributed by atoms with Gasteiger partial charge < -0.3 is 15.8 Å². The number of hydrogen-bond donors (Lipinski definition) is 2. The zero-order chi connectivity index (χ0) is 18.4. The van der Waals surface area contributed by atoms with Gasteiger partial charge in [-0.15, -0.1) is 12.4 Å². The molecule has 1 aromatic rings. The van der Waals surface area contributed by atoms with Crippen molar-refractivity contribution in [2.45, 2.75) is 36.6 Å². The van der Waals surface area contributed by atoms with Gasteiger partial charge in [0.25, 0.3) is 0 Å². The number of nitrogens with two attached hydrogens (primary N) is 1. The lowest BCUT2D eigenvalue weighted by Gasteiger charge is -2.35. The third kappa shape index (κ3) is 5.47. The van der Waals surface area contributed by atoms with Gasteiger partial charge in [-0.25, -0.2) is 8.42 Å². The molecule has 0 aliphatic carbocycles. The van der Waals surface area contributed by atoms with Crippen LogP contribution in [-0.2, 0) is 14.8 Å². The molecule has 1 fully saturated rings. The van der Waals surface area contributed by atoms with E-state index in [4.69, 9.17) is 22.1 Å². The van der Waals surface area contributed by atoms with Crippen LogP contribution in [0.2, 0.25) is 5.02 Å². The van der Waals surface area contributed by atoms with Gasteiger partial charge in [0, 0.05) is 38.2 Å². The molecule has 26 heavy (non-hydrogen) atoms. The zero-order valence-electron chi connectivity index (χ0n) is 14.6. The molecule has 1 atom stereocenters. The minimum absolute atomic E-state index is 0. The highest BCUT2D eigenvalue weighted by Crippen LogP contribution is 2.32. The van der Waals surface area contributed by atoms with Crippen LogP contribution in [0.1, 0.15) is 25.7 Å². The average molecular weight is 426 g/mol. The summed E-state index contributed by atoms with van der Waals surface area (Å²) >= 11 is 6.13. The third-order valence-electron chi connectivity index (χ3n) is 4.20. The number of carbonyl (C=O) groups excluding carboxylic acids is 1. The second-order valence-corrected chi connectivity index (χ2v) is 8.17. The Morgan fingerprint density at radius 1 is 1.42 bits per heavy atom. The van der Waals surface area contributed by atoms with Gasteiger partial charge >= 0.3 is 0 Å². The van der Waals surface area contributed by atoms with E-state index in [1.807, 2.05) is 0 Å². The molecule has 1 aromatic carbocycles. The van der Waals surface area contributed by atoms with Crippen molar-refractivity contribution < 1.29 is 17.9 Å². The molecule has 0 radical (unpaired) electrons. The van der Waals surface area contributed by atoms with E-state index in [9.17, 15) is 13.2 Å². The van der Waals surface area contributed by atoms with E-state index < -0.39 is 10.0 Å². The summed E-state index contributed by atoms with van der Waals surface area (Å²) in [6, 6.07) is 4.25. The van der Waals surface area contributed by atoms with Gasteiger partial charge in [0.2, 0.25) is 15.9 Å². The summed E-state index contributed by atoms with van der Waals surface area (Å²) in [5, 5.41) is 2.91. The number of carbonyl (C=O) groups is 1. The summed E-state index contributed by atoms with van der Waals surface area (Å²) in [6.07, 6.45) is 2.59. The van der Waals surface area contributed by atoms with Crippen LogP contribution in [0.15, 0.2) is 23.1 Å². The normalized spacial score (nSPS) is 18.0. The van der Waals surface area contributed by atoms with E-state index in [-0.39, 0.29) is 53.8 Å². The first-order valence-electron chi connectivity index (χ1n) is 8.22. The maximum atomic E-state index is 13.1. The van der Waals surface area contributed by atoms with Crippen molar-refractivity contribution in [3.63, 3.8) is 0 Å². The molecule has 1 aliphatic heterocycles. The first-order chi connectivity index (χ1) is 11.9. The fraction of sp³-hybridized carbons (Fsp3) is 0.562. The number of benzene rings is 1. The van der Waals surface area contributed by atoms with Crippen molar-refractivity contribution in [1.29, 1.82) is 0 Å². The predicted molar refractivity (Wildman–Crippen MR) is 103 cm³/mol. The fourth-order valence-electron chi connectivity index (χ4n) is 2.88. The number of hydrogen-bond acceptors (Lipinski definition) is 5. The van der Waals surface area contributed by atoms with Crippen molar-refractivity contribution >= 4 is 39.9 Å². The van der Waals surface area contributed by atoms with Crippen molar-refractivity contribution in [2.24, 2.45) is 5.73 Å². The maximum Gasteiger partial charge on any atom is 0.245 e. The Morgan fingerprint density at radius 3 is 2.81 bits per heavy atom. The summed E-state index contributed by atoms with van der Waals surface area (Å²) in [5.74, 6) is 0.248. The van der Waals surface area contributed by atoms with E-state index in [2.05, 4.69) is 5.32 Å². The summed E-state index contributed by atoms with van der Waals surface area (Å²) < 4.78 is 32.8. The highest BCUT2D eigenvalue weighted by molar-refractivity contribution is 7.89. The van der Waals surface area contributed by atoms with Crippen LogP contribution in [0, 0.1) is 0 Å². The van der Waals surface area contributed by atoms with Crippen molar-refractivity contribution in [2.75, 3.05) is 26.7 Å². The third-order valence-corrected chi connectivity index (χ3v) is 6.64. The highest BCUT2D eigenvalue weighted by atomic mass is 35.5. The maximum absolute atomic E-state index is 13.1. The first kappa shape index (κ1) is 23.0. The predicted octanol–water partition coefficient (Wildman–Crippen LogP) is 1.78. The number of ether oxygens (including phenoxy) is 1. The number of rotatable bonds is 7. The van der Waals surface area contributed by atoms with Crippen LogP contribution in [0.25, 0.3) is 0 Å². The van der Waals surface area contributed by atoms with E-state index in [0.717, 1.165) is 12.8 Å². The topological polar surface area (TPSA) is 102 Å².